The summed E-state index contributed by atoms with van der Waals surface area (Å²) in [6.07, 6.45) is 0.491. The van der Waals surface area contributed by atoms with Gasteiger partial charge in [-0.15, -0.1) is 0 Å². The lowest BCUT2D eigenvalue weighted by molar-refractivity contribution is -0.134. The van der Waals surface area contributed by atoms with Crippen LogP contribution in [-0.4, -0.2) is 34.1 Å². The molecule has 0 bridgehead atoms. The molecule has 122 valence electrons. The zero-order valence-electron chi connectivity index (χ0n) is 11.4. The molecule has 0 aliphatic heterocycles. The van der Waals surface area contributed by atoms with Gasteiger partial charge >= 0.3 is 21.6 Å². The van der Waals surface area contributed by atoms with Gasteiger partial charge in [-0.1, -0.05) is 0 Å². The molecule has 0 aliphatic rings. The quantitative estimate of drug-likeness (QED) is 0.268. The molecule has 1 rings (SSSR count). The summed E-state index contributed by atoms with van der Waals surface area (Å²) in [5, 5.41) is 0. The maximum absolute atomic E-state index is 12.4. The molecule has 0 N–H and O–H groups in total. The highest BCUT2D eigenvalue weighted by atomic mass is 32.2. The van der Waals surface area contributed by atoms with Crippen LogP contribution in [0.3, 0.4) is 0 Å². The lowest BCUT2D eigenvalue weighted by atomic mass is 10.2. The number of carbonyl (C=O) groups excluding carboxylic acids is 1. The lowest BCUT2D eigenvalue weighted by Gasteiger charge is -2.12. The van der Waals surface area contributed by atoms with E-state index in [0.717, 1.165) is 7.11 Å². The fourth-order valence-corrected chi connectivity index (χ4v) is 1.72. The van der Waals surface area contributed by atoms with Gasteiger partial charge in [0.2, 0.25) is 0 Å². The number of alkyl halides is 3. The number of hydrogen-bond donors (Lipinski definition) is 0. The van der Waals surface area contributed by atoms with E-state index >= 15 is 0 Å². The summed E-state index contributed by atoms with van der Waals surface area (Å²) >= 11 is 0. The number of rotatable bonds is 5. The Labute approximate surface area is 124 Å². The molecule has 0 spiro atoms. The smallest absolute Gasteiger partial charge is 0.497 e. The van der Waals surface area contributed by atoms with E-state index in [-0.39, 0.29) is 5.56 Å². The monoisotopic (exact) mass is 340 g/mol. The highest BCUT2D eigenvalue weighted by molar-refractivity contribution is 7.87. The van der Waals surface area contributed by atoms with Gasteiger partial charge in [0.25, 0.3) is 0 Å². The predicted octanol–water partition coefficient (Wildman–Crippen LogP) is 2.08. The predicted molar refractivity (Wildman–Crippen MR) is 69.0 cm³/mol. The second-order valence-corrected chi connectivity index (χ2v) is 5.28. The Morgan fingerprint density at radius 1 is 1.14 bits per heavy atom. The largest absolute Gasteiger partial charge is 0.534 e. The van der Waals surface area contributed by atoms with Crippen LogP contribution < -0.4 is 4.74 Å². The standard InChI is InChI=1S/C12H11F3O6S/c1-19-9-5-3-8(4-6-9)10(7-11(16)20-2)21-22(17,18)12(13,14)15/h3-7H,1-2H3/b10-7-. The van der Waals surface area contributed by atoms with Gasteiger partial charge in [0, 0.05) is 5.56 Å². The molecular weight excluding hydrogens is 329 g/mol. The number of ether oxygens (including phenoxy) is 2. The lowest BCUT2D eigenvalue weighted by Crippen LogP contribution is -2.25. The van der Waals surface area contributed by atoms with Crippen molar-refractivity contribution in [2.24, 2.45) is 0 Å². The summed E-state index contributed by atoms with van der Waals surface area (Å²) in [5.74, 6) is -1.53. The van der Waals surface area contributed by atoms with Crippen molar-refractivity contribution in [1.82, 2.24) is 0 Å². The number of esters is 1. The normalized spacial score (nSPS) is 12.7. The Hall–Kier alpha value is -2.23. The number of benzene rings is 1. The van der Waals surface area contributed by atoms with Crippen molar-refractivity contribution in [3.05, 3.63) is 35.9 Å². The van der Waals surface area contributed by atoms with Gasteiger partial charge in [0.05, 0.1) is 20.3 Å². The van der Waals surface area contributed by atoms with E-state index < -0.39 is 27.4 Å². The minimum absolute atomic E-state index is 0.0842. The Morgan fingerprint density at radius 3 is 2.09 bits per heavy atom. The Morgan fingerprint density at radius 2 is 1.68 bits per heavy atom. The minimum Gasteiger partial charge on any atom is -0.497 e. The van der Waals surface area contributed by atoms with Crippen molar-refractivity contribution < 1.29 is 40.0 Å². The molecule has 0 aliphatic carbocycles. The van der Waals surface area contributed by atoms with E-state index in [2.05, 4.69) is 8.92 Å². The van der Waals surface area contributed by atoms with Gasteiger partial charge in [-0.3, -0.25) is 0 Å². The maximum atomic E-state index is 12.4. The molecule has 0 amide bonds. The first-order valence-electron chi connectivity index (χ1n) is 5.55. The van der Waals surface area contributed by atoms with Gasteiger partial charge in [0.1, 0.15) is 5.75 Å². The molecule has 0 heterocycles. The van der Waals surface area contributed by atoms with Crippen molar-refractivity contribution in [3.8, 4) is 5.75 Å². The van der Waals surface area contributed by atoms with Gasteiger partial charge in [-0.25, -0.2) is 4.79 Å². The third-order valence-electron chi connectivity index (χ3n) is 2.31. The van der Waals surface area contributed by atoms with E-state index in [4.69, 9.17) is 4.74 Å². The molecule has 10 heteroatoms. The average molecular weight is 340 g/mol. The van der Waals surface area contributed by atoms with Crippen LogP contribution in [0.25, 0.3) is 5.76 Å². The maximum Gasteiger partial charge on any atom is 0.534 e. The average Bonchev–Trinajstić information content (AvgIpc) is 2.45. The zero-order valence-corrected chi connectivity index (χ0v) is 12.2. The molecule has 0 radical (unpaired) electrons. The second-order valence-electron chi connectivity index (χ2n) is 3.74. The molecule has 22 heavy (non-hydrogen) atoms. The third kappa shape index (κ3) is 4.38. The van der Waals surface area contributed by atoms with Crippen molar-refractivity contribution >= 4 is 21.8 Å². The van der Waals surface area contributed by atoms with Crippen LogP contribution in [0, 0.1) is 0 Å². The zero-order chi connectivity index (χ0) is 17.0. The first kappa shape index (κ1) is 17.8. The fraction of sp³-hybridized carbons (Fsp3) is 0.250. The minimum atomic E-state index is -5.92. The molecule has 1 aromatic rings. The van der Waals surface area contributed by atoms with Crippen LogP contribution in [0.2, 0.25) is 0 Å². The summed E-state index contributed by atoms with van der Waals surface area (Å²) in [6, 6.07) is 5.15. The molecule has 6 nitrogen and oxygen atoms in total. The molecular formula is C12H11F3O6S. The van der Waals surface area contributed by atoms with Crippen LogP contribution in [0.1, 0.15) is 5.56 Å². The van der Waals surface area contributed by atoms with Crippen LogP contribution in [0.5, 0.6) is 5.75 Å². The van der Waals surface area contributed by atoms with Gasteiger partial charge in [0.15, 0.2) is 5.76 Å². The van der Waals surface area contributed by atoms with Gasteiger partial charge in [-0.2, -0.15) is 21.6 Å². The summed E-state index contributed by atoms with van der Waals surface area (Å²) in [6.45, 7) is 0. The fourth-order valence-electron chi connectivity index (χ4n) is 1.24. The Kier molecular flexibility index (Phi) is 5.42. The third-order valence-corrected chi connectivity index (χ3v) is 3.27. The van der Waals surface area contributed by atoms with Crippen molar-refractivity contribution in [1.29, 1.82) is 0 Å². The van der Waals surface area contributed by atoms with Gasteiger partial charge in [-0.05, 0) is 24.3 Å². The molecule has 1 aromatic carbocycles. The van der Waals surface area contributed by atoms with Crippen molar-refractivity contribution in [2.75, 3.05) is 14.2 Å². The van der Waals surface area contributed by atoms with Crippen LogP contribution in [-0.2, 0) is 23.8 Å². The summed E-state index contributed by atoms with van der Waals surface area (Å²) < 4.78 is 72.3. The Bertz CT molecular complexity index is 661. The SMILES string of the molecule is COC(=O)/C=C(\OS(=O)(=O)C(F)(F)F)c1ccc(OC)cc1. The number of halogens is 3. The number of methoxy groups -OCH3 is 2. The van der Waals surface area contributed by atoms with Gasteiger partial charge < -0.3 is 13.7 Å². The highest BCUT2D eigenvalue weighted by Gasteiger charge is 2.49. The first-order chi connectivity index (χ1) is 10.1. The topological polar surface area (TPSA) is 78.9 Å². The second kappa shape index (κ2) is 6.69. The molecule has 0 unspecified atom stereocenters. The number of carbonyl (C=O) groups is 1. The molecule has 0 saturated heterocycles. The van der Waals surface area contributed by atoms with Crippen molar-refractivity contribution in [2.45, 2.75) is 5.51 Å². The molecule has 0 saturated carbocycles. The Balaban J connectivity index is 3.25. The molecule has 0 aromatic heterocycles. The van der Waals surface area contributed by atoms with Crippen LogP contribution in [0.15, 0.2) is 30.3 Å². The number of hydrogen-bond acceptors (Lipinski definition) is 6. The van der Waals surface area contributed by atoms with Crippen molar-refractivity contribution in [3.63, 3.8) is 0 Å². The first-order valence-corrected chi connectivity index (χ1v) is 6.96. The van der Waals surface area contributed by atoms with Crippen LogP contribution in [0.4, 0.5) is 13.2 Å². The molecule has 0 fully saturated rings. The highest BCUT2D eigenvalue weighted by Crippen LogP contribution is 2.30. The van der Waals surface area contributed by atoms with Crippen LogP contribution >= 0.6 is 0 Å². The van der Waals surface area contributed by atoms with E-state index in [0.29, 0.717) is 11.8 Å². The summed E-state index contributed by atoms with van der Waals surface area (Å²) in [5.41, 5.74) is -5.71. The summed E-state index contributed by atoms with van der Waals surface area (Å²) in [7, 11) is -3.58. The van der Waals surface area contributed by atoms with E-state index in [1.165, 1.54) is 31.4 Å². The summed E-state index contributed by atoms with van der Waals surface area (Å²) in [4.78, 5) is 11.2. The molecule has 0 atom stereocenters. The van der Waals surface area contributed by atoms with E-state index in [1.807, 2.05) is 0 Å². The van der Waals surface area contributed by atoms with E-state index in [1.54, 1.807) is 0 Å². The van der Waals surface area contributed by atoms with E-state index in [9.17, 15) is 26.4 Å².